The third-order valence-electron chi connectivity index (χ3n) is 3.39. The first-order valence-corrected chi connectivity index (χ1v) is 6.83. The number of pyridine rings is 1. The van der Waals surface area contributed by atoms with Gasteiger partial charge in [0, 0.05) is 36.9 Å². The minimum Gasteiger partial charge on any atom is -0.310 e. The molecule has 0 aliphatic rings. The molecule has 2 heterocycles. The second-order valence-corrected chi connectivity index (χ2v) is 4.83. The summed E-state index contributed by atoms with van der Waals surface area (Å²) in [5.74, 6) is 0. The Morgan fingerprint density at radius 3 is 2.79 bits per heavy atom. The van der Waals surface area contributed by atoms with E-state index in [-0.39, 0.29) is 0 Å². The molecule has 19 heavy (non-hydrogen) atoms. The van der Waals surface area contributed by atoms with Crippen molar-refractivity contribution in [1.29, 1.82) is 0 Å². The molecule has 4 nitrogen and oxygen atoms in total. The van der Waals surface area contributed by atoms with Crippen LogP contribution in [0.25, 0.3) is 0 Å². The molecule has 2 rings (SSSR count). The van der Waals surface area contributed by atoms with Gasteiger partial charge in [-0.3, -0.25) is 9.67 Å². The van der Waals surface area contributed by atoms with Crippen LogP contribution in [0.4, 0.5) is 0 Å². The largest absolute Gasteiger partial charge is 0.310 e. The van der Waals surface area contributed by atoms with Crippen LogP contribution in [0.15, 0.2) is 30.6 Å². The molecule has 0 spiro atoms. The molecule has 0 bridgehead atoms. The van der Waals surface area contributed by atoms with Crippen LogP contribution in [-0.4, -0.2) is 21.3 Å². The Bertz CT molecular complexity index is 518. The lowest BCUT2D eigenvalue weighted by molar-refractivity contribution is 0.505. The van der Waals surface area contributed by atoms with Crippen LogP contribution in [0.3, 0.4) is 0 Å². The summed E-state index contributed by atoms with van der Waals surface area (Å²) in [6.07, 6.45) is 5.83. The fourth-order valence-corrected chi connectivity index (χ4v) is 2.36. The molecule has 0 fully saturated rings. The van der Waals surface area contributed by atoms with Gasteiger partial charge in [0.1, 0.15) is 0 Å². The van der Waals surface area contributed by atoms with Gasteiger partial charge in [-0.2, -0.15) is 5.10 Å². The second kappa shape index (κ2) is 6.48. The van der Waals surface area contributed by atoms with Crippen molar-refractivity contribution < 1.29 is 0 Å². The van der Waals surface area contributed by atoms with Crippen LogP contribution in [-0.2, 0) is 13.5 Å². The smallest absolute Gasteiger partial charge is 0.0492 e. The topological polar surface area (TPSA) is 42.7 Å². The monoisotopic (exact) mass is 258 g/mol. The van der Waals surface area contributed by atoms with E-state index < -0.39 is 0 Å². The van der Waals surface area contributed by atoms with E-state index in [9.17, 15) is 0 Å². The van der Waals surface area contributed by atoms with E-state index in [0.717, 1.165) is 25.1 Å². The maximum Gasteiger partial charge on any atom is 0.0492 e. The van der Waals surface area contributed by atoms with Gasteiger partial charge in [0.2, 0.25) is 0 Å². The maximum absolute atomic E-state index is 4.26. The second-order valence-electron chi connectivity index (χ2n) is 4.83. The van der Waals surface area contributed by atoms with Crippen molar-refractivity contribution in [2.45, 2.75) is 32.7 Å². The lowest BCUT2D eigenvalue weighted by atomic mass is 10.0. The number of aromatic nitrogens is 3. The maximum atomic E-state index is 4.26. The van der Waals surface area contributed by atoms with E-state index in [2.05, 4.69) is 40.5 Å². The van der Waals surface area contributed by atoms with Crippen LogP contribution < -0.4 is 5.32 Å². The standard InChI is InChI=1S/C15H22N4/c1-4-16-15(13-7-9-17-12(2)11-13)6-5-14-8-10-18-19(14)3/h7-11,15-16H,4-6H2,1-3H3. The molecule has 1 atom stereocenters. The molecule has 0 radical (unpaired) electrons. The molecule has 2 aromatic heterocycles. The van der Waals surface area contributed by atoms with Crippen LogP contribution in [0, 0.1) is 6.92 Å². The van der Waals surface area contributed by atoms with Gasteiger partial charge in [-0.05, 0) is 50.1 Å². The molecule has 4 heteroatoms. The van der Waals surface area contributed by atoms with Crippen LogP contribution in [0.1, 0.15) is 36.3 Å². The van der Waals surface area contributed by atoms with Gasteiger partial charge in [0.05, 0.1) is 0 Å². The predicted molar refractivity (Wildman–Crippen MR) is 76.9 cm³/mol. The average molecular weight is 258 g/mol. The van der Waals surface area contributed by atoms with Crippen molar-refractivity contribution in [2.24, 2.45) is 7.05 Å². The van der Waals surface area contributed by atoms with Crippen molar-refractivity contribution >= 4 is 0 Å². The van der Waals surface area contributed by atoms with E-state index in [0.29, 0.717) is 6.04 Å². The first-order chi connectivity index (χ1) is 9.20. The van der Waals surface area contributed by atoms with E-state index in [1.54, 1.807) is 0 Å². The van der Waals surface area contributed by atoms with E-state index in [1.165, 1.54) is 11.3 Å². The first kappa shape index (κ1) is 13.7. The van der Waals surface area contributed by atoms with Crippen LogP contribution in [0.2, 0.25) is 0 Å². The quantitative estimate of drug-likeness (QED) is 0.865. The Hall–Kier alpha value is -1.68. The van der Waals surface area contributed by atoms with Gasteiger partial charge < -0.3 is 5.32 Å². The summed E-state index contributed by atoms with van der Waals surface area (Å²) in [5.41, 5.74) is 3.66. The molecule has 1 N–H and O–H groups in total. The predicted octanol–water partition coefficient (Wildman–Crippen LogP) is 2.41. The normalized spacial score (nSPS) is 12.6. The number of hydrogen-bond acceptors (Lipinski definition) is 3. The molecule has 1 unspecified atom stereocenters. The van der Waals surface area contributed by atoms with Crippen molar-refractivity contribution in [1.82, 2.24) is 20.1 Å². The third kappa shape index (κ3) is 3.64. The first-order valence-electron chi connectivity index (χ1n) is 6.83. The number of rotatable bonds is 6. The Kier molecular flexibility index (Phi) is 4.68. The molecule has 0 amide bonds. The molecule has 0 aromatic carbocycles. The van der Waals surface area contributed by atoms with Gasteiger partial charge in [0.15, 0.2) is 0 Å². The molecular weight excluding hydrogens is 236 g/mol. The van der Waals surface area contributed by atoms with E-state index in [1.807, 2.05) is 31.0 Å². The molecule has 0 aliphatic carbocycles. The highest BCUT2D eigenvalue weighted by atomic mass is 15.2. The minimum atomic E-state index is 0.376. The average Bonchev–Trinajstić information content (AvgIpc) is 2.80. The van der Waals surface area contributed by atoms with Crippen molar-refractivity contribution in [3.05, 3.63) is 47.5 Å². The lowest BCUT2D eigenvalue weighted by Gasteiger charge is -2.18. The Balaban J connectivity index is 2.06. The Labute approximate surface area is 114 Å². The molecule has 102 valence electrons. The Morgan fingerprint density at radius 2 is 2.16 bits per heavy atom. The van der Waals surface area contributed by atoms with Crippen molar-refractivity contribution in [3.8, 4) is 0 Å². The minimum absolute atomic E-state index is 0.376. The fourth-order valence-electron chi connectivity index (χ4n) is 2.36. The summed E-state index contributed by atoms with van der Waals surface area (Å²) in [4.78, 5) is 4.26. The molecule has 0 saturated heterocycles. The van der Waals surface area contributed by atoms with E-state index in [4.69, 9.17) is 0 Å². The summed E-state index contributed by atoms with van der Waals surface area (Å²) in [5, 5.41) is 7.76. The number of hydrogen-bond donors (Lipinski definition) is 1. The number of nitrogens with one attached hydrogen (secondary N) is 1. The highest BCUT2D eigenvalue weighted by Crippen LogP contribution is 2.19. The zero-order chi connectivity index (χ0) is 13.7. The highest BCUT2D eigenvalue weighted by Gasteiger charge is 2.11. The molecule has 0 saturated carbocycles. The van der Waals surface area contributed by atoms with E-state index >= 15 is 0 Å². The molecule has 2 aromatic rings. The number of nitrogens with zero attached hydrogens (tertiary/aromatic N) is 3. The van der Waals surface area contributed by atoms with Gasteiger partial charge in [0.25, 0.3) is 0 Å². The summed E-state index contributed by atoms with van der Waals surface area (Å²) in [7, 11) is 1.99. The van der Waals surface area contributed by atoms with Gasteiger partial charge in [-0.1, -0.05) is 6.92 Å². The summed E-state index contributed by atoms with van der Waals surface area (Å²) in [6.45, 7) is 5.15. The molecular formula is C15H22N4. The summed E-state index contributed by atoms with van der Waals surface area (Å²) >= 11 is 0. The van der Waals surface area contributed by atoms with Gasteiger partial charge in [-0.15, -0.1) is 0 Å². The fraction of sp³-hybridized carbons (Fsp3) is 0.467. The van der Waals surface area contributed by atoms with Crippen molar-refractivity contribution in [3.63, 3.8) is 0 Å². The zero-order valence-electron chi connectivity index (χ0n) is 11.9. The summed E-state index contributed by atoms with van der Waals surface area (Å²) < 4.78 is 1.95. The zero-order valence-corrected chi connectivity index (χ0v) is 11.9. The summed E-state index contributed by atoms with van der Waals surface area (Å²) in [6, 6.07) is 6.72. The third-order valence-corrected chi connectivity index (χ3v) is 3.39. The van der Waals surface area contributed by atoms with Crippen molar-refractivity contribution in [2.75, 3.05) is 6.54 Å². The lowest BCUT2D eigenvalue weighted by Crippen LogP contribution is -2.22. The van der Waals surface area contributed by atoms with Gasteiger partial charge >= 0.3 is 0 Å². The number of aryl methyl sites for hydroxylation is 3. The SMILES string of the molecule is CCNC(CCc1ccnn1C)c1ccnc(C)c1. The van der Waals surface area contributed by atoms with Crippen LogP contribution in [0.5, 0.6) is 0 Å². The Morgan fingerprint density at radius 1 is 1.32 bits per heavy atom. The highest BCUT2D eigenvalue weighted by molar-refractivity contribution is 5.20. The van der Waals surface area contributed by atoms with Gasteiger partial charge in [-0.25, -0.2) is 0 Å². The van der Waals surface area contributed by atoms with Crippen LogP contribution >= 0.6 is 0 Å². The molecule has 0 aliphatic heterocycles.